The maximum Gasteiger partial charge on any atom is 0.166 e. The van der Waals surface area contributed by atoms with Gasteiger partial charge in [-0.2, -0.15) is 0 Å². The summed E-state index contributed by atoms with van der Waals surface area (Å²) in [5.74, 6) is -0.180. The Bertz CT molecular complexity index is 638. The van der Waals surface area contributed by atoms with Gasteiger partial charge in [-0.3, -0.25) is 4.79 Å². The van der Waals surface area contributed by atoms with Crippen molar-refractivity contribution in [1.82, 2.24) is 0 Å². The SMILES string of the molecule is CC(=O)c1c(F)cccc1Oc1ccc(C)cc1Br. The highest BCUT2D eigenvalue weighted by molar-refractivity contribution is 9.10. The molecule has 0 aromatic heterocycles. The molecule has 0 heterocycles. The second kappa shape index (κ2) is 5.53. The molecule has 0 bridgehead atoms. The average molecular weight is 323 g/mol. The van der Waals surface area contributed by atoms with Crippen LogP contribution in [0.2, 0.25) is 0 Å². The maximum atomic E-state index is 13.7. The second-order valence-electron chi connectivity index (χ2n) is 4.21. The zero-order chi connectivity index (χ0) is 14.0. The van der Waals surface area contributed by atoms with E-state index in [9.17, 15) is 9.18 Å². The summed E-state index contributed by atoms with van der Waals surface area (Å²) in [7, 11) is 0. The topological polar surface area (TPSA) is 26.3 Å². The van der Waals surface area contributed by atoms with Gasteiger partial charge in [-0.1, -0.05) is 12.1 Å². The van der Waals surface area contributed by atoms with E-state index >= 15 is 0 Å². The van der Waals surface area contributed by atoms with Gasteiger partial charge in [-0.15, -0.1) is 0 Å². The van der Waals surface area contributed by atoms with Crippen LogP contribution >= 0.6 is 15.9 Å². The lowest BCUT2D eigenvalue weighted by molar-refractivity contribution is 0.101. The third kappa shape index (κ3) is 3.01. The van der Waals surface area contributed by atoms with E-state index in [4.69, 9.17) is 4.74 Å². The van der Waals surface area contributed by atoms with Gasteiger partial charge >= 0.3 is 0 Å². The molecular formula is C15H12BrFO2. The predicted octanol–water partition coefficient (Wildman–Crippen LogP) is 4.89. The van der Waals surface area contributed by atoms with Crippen LogP contribution in [0.15, 0.2) is 40.9 Å². The van der Waals surface area contributed by atoms with E-state index in [1.54, 1.807) is 12.1 Å². The highest BCUT2D eigenvalue weighted by atomic mass is 79.9. The van der Waals surface area contributed by atoms with Crippen molar-refractivity contribution in [2.45, 2.75) is 13.8 Å². The first-order chi connectivity index (χ1) is 8.99. The molecule has 0 fully saturated rings. The summed E-state index contributed by atoms with van der Waals surface area (Å²) in [4.78, 5) is 11.5. The van der Waals surface area contributed by atoms with E-state index in [0.29, 0.717) is 5.75 Å². The molecule has 0 atom stereocenters. The van der Waals surface area contributed by atoms with Crippen molar-refractivity contribution in [3.63, 3.8) is 0 Å². The molecule has 0 N–H and O–H groups in total. The summed E-state index contributed by atoms with van der Waals surface area (Å²) in [5, 5.41) is 0. The number of rotatable bonds is 3. The molecule has 19 heavy (non-hydrogen) atoms. The molecule has 0 saturated heterocycles. The Morgan fingerprint density at radius 2 is 1.95 bits per heavy atom. The number of halogens is 2. The molecule has 4 heteroatoms. The smallest absolute Gasteiger partial charge is 0.166 e. The maximum absolute atomic E-state index is 13.7. The highest BCUT2D eigenvalue weighted by Crippen LogP contribution is 2.33. The number of carbonyl (C=O) groups is 1. The van der Waals surface area contributed by atoms with Gasteiger partial charge in [0.25, 0.3) is 0 Å². The zero-order valence-corrected chi connectivity index (χ0v) is 12.1. The molecule has 2 aromatic rings. The van der Waals surface area contributed by atoms with Crippen LogP contribution in [0.1, 0.15) is 22.8 Å². The Morgan fingerprint density at radius 3 is 2.58 bits per heavy atom. The number of hydrogen-bond acceptors (Lipinski definition) is 2. The van der Waals surface area contributed by atoms with Crippen LogP contribution in [-0.4, -0.2) is 5.78 Å². The molecule has 0 radical (unpaired) electrons. The van der Waals surface area contributed by atoms with Crippen molar-refractivity contribution >= 4 is 21.7 Å². The summed E-state index contributed by atoms with van der Waals surface area (Å²) in [6.45, 7) is 3.27. The normalized spacial score (nSPS) is 10.3. The van der Waals surface area contributed by atoms with E-state index < -0.39 is 5.82 Å². The van der Waals surface area contributed by atoms with Gasteiger partial charge in [0, 0.05) is 0 Å². The van der Waals surface area contributed by atoms with Gasteiger partial charge in [0.1, 0.15) is 17.3 Å². The summed E-state index contributed by atoms with van der Waals surface area (Å²) in [6, 6.07) is 9.88. The molecule has 2 nitrogen and oxygen atoms in total. The fraction of sp³-hybridized carbons (Fsp3) is 0.133. The number of hydrogen-bond donors (Lipinski definition) is 0. The Morgan fingerprint density at radius 1 is 1.21 bits per heavy atom. The van der Waals surface area contributed by atoms with Crippen LogP contribution in [-0.2, 0) is 0 Å². The summed E-state index contributed by atoms with van der Waals surface area (Å²) in [6.07, 6.45) is 0. The van der Waals surface area contributed by atoms with Crippen LogP contribution in [0.25, 0.3) is 0 Å². The number of ketones is 1. The van der Waals surface area contributed by atoms with Crippen molar-refractivity contribution in [2.75, 3.05) is 0 Å². The number of Topliss-reactive ketones (excluding diaryl/α,β-unsaturated/α-hetero) is 1. The van der Waals surface area contributed by atoms with Crippen LogP contribution < -0.4 is 4.74 Å². The van der Waals surface area contributed by atoms with Gasteiger partial charge in [0.2, 0.25) is 0 Å². The second-order valence-corrected chi connectivity index (χ2v) is 5.06. The highest BCUT2D eigenvalue weighted by Gasteiger charge is 2.15. The lowest BCUT2D eigenvalue weighted by Crippen LogP contribution is -2.01. The van der Waals surface area contributed by atoms with E-state index in [-0.39, 0.29) is 17.1 Å². The third-order valence-corrected chi connectivity index (χ3v) is 3.25. The molecule has 0 amide bonds. The Labute approximate surface area is 119 Å². The monoisotopic (exact) mass is 322 g/mol. The van der Waals surface area contributed by atoms with Gasteiger partial charge in [0.15, 0.2) is 5.78 Å². The van der Waals surface area contributed by atoms with Gasteiger partial charge in [-0.05, 0) is 59.6 Å². The fourth-order valence-electron chi connectivity index (χ4n) is 1.74. The number of ether oxygens (including phenoxy) is 1. The number of aryl methyl sites for hydroxylation is 1. The molecular weight excluding hydrogens is 311 g/mol. The average Bonchev–Trinajstić information content (AvgIpc) is 2.32. The summed E-state index contributed by atoms with van der Waals surface area (Å²) >= 11 is 3.38. The molecule has 2 aromatic carbocycles. The lowest BCUT2D eigenvalue weighted by Gasteiger charge is -2.11. The Hall–Kier alpha value is -1.68. The standard InChI is InChI=1S/C15H12BrFO2/c1-9-6-7-13(11(16)8-9)19-14-5-3-4-12(17)15(14)10(2)18/h3-8H,1-2H3. The van der Waals surface area contributed by atoms with Crippen molar-refractivity contribution in [2.24, 2.45) is 0 Å². The van der Waals surface area contributed by atoms with Crippen molar-refractivity contribution in [3.8, 4) is 11.5 Å². The van der Waals surface area contributed by atoms with Crippen LogP contribution in [0.4, 0.5) is 4.39 Å². The zero-order valence-electron chi connectivity index (χ0n) is 10.5. The predicted molar refractivity (Wildman–Crippen MR) is 75.4 cm³/mol. The van der Waals surface area contributed by atoms with Gasteiger partial charge in [0.05, 0.1) is 10.0 Å². The fourth-order valence-corrected chi connectivity index (χ4v) is 2.31. The van der Waals surface area contributed by atoms with E-state index in [0.717, 1.165) is 10.0 Å². The quantitative estimate of drug-likeness (QED) is 0.752. The summed E-state index contributed by atoms with van der Waals surface area (Å²) < 4.78 is 20.0. The lowest BCUT2D eigenvalue weighted by atomic mass is 10.1. The first-order valence-corrected chi connectivity index (χ1v) is 6.52. The molecule has 0 aliphatic heterocycles. The number of carbonyl (C=O) groups excluding carboxylic acids is 1. The van der Waals surface area contributed by atoms with Crippen molar-refractivity contribution < 1.29 is 13.9 Å². The summed E-state index contributed by atoms with van der Waals surface area (Å²) in [5.41, 5.74) is 1.04. The molecule has 0 spiro atoms. The Balaban J connectivity index is 2.44. The third-order valence-electron chi connectivity index (χ3n) is 2.63. The van der Waals surface area contributed by atoms with Crippen LogP contribution in [0, 0.1) is 12.7 Å². The number of benzene rings is 2. The molecule has 0 unspecified atom stereocenters. The van der Waals surface area contributed by atoms with E-state index in [2.05, 4.69) is 15.9 Å². The molecule has 2 rings (SSSR count). The molecule has 0 aliphatic rings. The minimum atomic E-state index is -0.576. The van der Waals surface area contributed by atoms with Crippen molar-refractivity contribution in [1.29, 1.82) is 0 Å². The van der Waals surface area contributed by atoms with E-state index in [1.807, 2.05) is 19.1 Å². The molecule has 0 aliphatic carbocycles. The first kappa shape index (κ1) is 13.7. The largest absolute Gasteiger partial charge is 0.455 e. The van der Waals surface area contributed by atoms with E-state index in [1.165, 1.54) is 19.1 Å². The van der Waals surface area contributed by atoms with Crippen LogP contribution in [0.3, 0.4) is 0 Å². The minimum absolute atomic E-state index is 0.0324. The van der Waals surface area contributed by atoms with Crippen LogP contribution in [0.5, 0.6) is 11.5 Å². The first-order valence-electron chi connectivity index (χ1n) is 5.72. The minimum Gasteiger partial charge on any atom is -0.455 e. The van der Waals surface area contributed by atoms with Crippen molar-refractivity contribution in [3.05, 3.63) is 57.8 Å². The van der Waals surface area contributed by atoms with Gasteiger partial charge < -0.3 is 4.74 Å². The Kier molecular flexibility index (Phi) is 4.00. The molecule has 98 valence electrons. The van der Waals surface area contributed by atoms with Gasteiger partial charge in [-0.25, -0.2) is 4.39 Å². The molecule has 0 saturated carbocycles.